The molecule has 0 bridgehead atoms. The van der Waals surface area contributed by atoms with Crippen LogP contribution in [0.15, 0.2) is 52.3 Å². The van der Waals surface area contributed by atoms with Gasteiger partial charge in [-0.1, -0.05) is 11.6 Å². The summed E-state index contributed by atoms with van der Waals surface area (Å²) in [6.07, 6.45) is 0. The van der Waals surface area contributed by atoms with Crippen LogP contribution < -0.4 is 11.5 Å². The fourth-order valence-electron chi connectivity index (χ4n) is 1.96. The normalized spacial score (nSPS) is 12.4. The molecule has 3 rings (SSSR count). The molecule has 0 amide bonds. The van der Waals surface area contributed by atoms with Crippen LogP contribution in [0.1, 0.15) is 0 Å². The zero-order valence-electron chi connectivity index (χ0n) is 10.8. The first kappa shape index (κ1) is 13.8. The molecule has 0 radical (unpaired) electrons. The van der Waals surface area contributed by atoms with Crippen LogP contribution in [0.25, 0.3) is 10.9 Å². The van der Waals surface area contributed by atoms with Crippen molar-refractivity contribution in [2.75, 3.05) is 11.5 Å². The first-order valence-corrected chi connectivity index (χ1v) is 7.57. The topological polar surface area (TPSA) is 94.9 Å². The number of hydrogen-bond acceptors (Lipinski definition) is 5. The minimum atomic E-state index is -1.33. The van der Waals surface area contributed by atoms with Crippen molar-refractivity contribution in [1.82, 2.24) is 9.97 Å². The lowest BCUT2D eigenvalue weighted by Gasteiger charge is -2.06. The van der Waals surface area contributed by atoms with Gasteiger partial charge in [0.2, 0.25) is 5.95 Å². The highest BCUT2D eigenvalue weighted by molar-refractivity contribution is 7.85. The minimum absolute atomic E-state index is 0.117. The Balaban J connectivity index is 2.08. The molecule has 21 heavy (non-hydrogen) atoms. The molecule has 2 aromatic carbocycles. The molecule has 0 aliphatic heterocycles. The minimum Gasteiger partial charge on any atom is -0.383 e. The van der Waals surface area contributed by atoms with Crippen molar-refractivity contribution in [3.8, 4) is 0 Å². The average Bonchev–Trinajstić information content (AvgIpc) is 2.47. The summed E-state index contributed by atoms with van der Waals surface area (Å²) in [4.78, 5) is 9.28. The molecule has 106 valence electrons. The van der Waals surface area contributed by atoms with Crippen LogP contribution in [0.4, 0.5) is 11.8 Å². The number of halogens is 1. The van der Waals surface area contributed by atoms with Gasteiger partial charge in [-0.3, -0.25) is 0 Å². The van der Waals surface area contributed by atoms with E-state index >= 15 is 0 Å². The predicted molar refractivity (Wildman–Crippen MR) is 84.5 cm³/mol. The molecule has 0 unspecified atom stereocenters. The summed E-state index contributed by atoms with van der Waals surface area (Å²) in [6, 6.07) is 12.0. The molecule has 4 N–H and O–H groups in total. The third-order valence-corrected chi connectivity index (χ3v) is 4.59. The van der Waals surface area contributed by atoms with Gasteiger partial charge < -0.3 is 11.5 Å². The Bertz CT molecular complexity index is 851. The van der Waals surface area contributed by atoms with E-state index in [0.29, 0.717) is 25.7 Å². The lowest BCUT2D eigenvalue weighted by atomic mass is 10.2. The van der Waals surface area contributed by atoms with Gasteiger partial charge in [0.1, 0.15) is 5.82 Å². The fraction of sp³-hybridized carbons (Fsp3) is 0. The van der Waals surface area contributed by atoms with Crippen molar-refractivity contribution >= 4 is 45.1 Å². The van der Waals surface area contributed by atoms with Gasteiger partial charge in [-0.15, -0.1) is 0 Å². The molecule has 7 heteroatoms. The van der Waals surface area contributed by atoms with Gasteiger partial charge in [0, 0.05) is 20.2 Å². The SMILES string of the molecule is Nc1nc(N)c2cc([S@](=O)c3ccc(Cl)cc3)ccc2n1. The standard InChI is InChI=1S/C14H11ClN4OS/c15-8-1-3-9(4-2-8)21(20)10-5-6-12-11(7-10)13(16)19-14(17)18-12/h1-7H,(H4,16,17,18,19)/t21-/m1/s1. The predicted octanol–water partition coefficient (Wildman–Crippen LogP) is 2.61. The van der Waals surface area contributed by atoms with Crippen molar-refractivity contribution in [3.05, 3.63) is 47.5 Å². The van der Waals surface area contributed by atoms with Crippen LogP contribution in [0, 0.1) is 0 Å². The largest absolute Gasteiger partial charge is 0.383 e. The number of benzene rings is 2. The molecule has 1 atom stereocenters. The second-order valence-electron chi connectivity index (χ2n) is 4.37. The highest BCUT2D eigenvalue weighted by atomic mass is 35.5. The van der Waals surface area contributed by atoms with Gasteiger partial charge >= 0.3 is 0 Å². The summed E-state index contributed by atoms with van der Waals surface area (Å²) in [5.74, 6) is 0.388. The molecule has 1 aromatic heterocycles. The third kappa shape index (κ3) is 2.68. The van der Waals surface area contributed by atoms with Gasteiger partial charge in [0.25, 0.3) is 0 Å². The van der Waals surface area contributed by atoms with E-state index in [4.69, 9.17) is 23.1 Å². The number of anilines is 2. The van der Waals surface area contributed by atoms with Gasteiger partial charge in [0.05, 0.1) is 16.3 Å². The zero-order valence-corrected chi connectivity index (χ0v) is 12.4. The Morgan fingerprint density at radius 2 is 1.62 bits per heavy atom. The quantitative estimate of drug-likeness (QED) is 0.757. The molecule has 1 heterocycles. The van der Waals surface area contributed by atoms with Crippen molar-refractivity contribution in [2.24, 2.45) is 0 Å². The molecule has 0 saturated heterocycles. The zero-order chi connectivity index (χ0) is 15.0. The Kier molecular flexibility index (Phi) is 3.48. The van der Waals surface area contributed by atoms with Crippen molar-refractivity contribution in [1.29, 1.82) is 0 Å². The van der Waals surface area contributed by atoms with Gasteiger partial charge in [0.15, 0.2) is 0 Å². The van der Waals surface area contributed by atoms with Crippen LogP contribution in [0.2, 0.25) is 5.02 Å². The maximum atomic E-state index is 12.5. The van der Waals surface area contributed by atoms with E-state index < -0.39 is 10.8 Å². The second kappa shape index (κ2) is 5.31. The average molecular weight is 319 g/mol. The highest BCUT2D eigenvalue weighted by Gasteiger charge is 2.10. The molecule has 0 aliphatic rings. The number of aromatic nitrogens is 2. The Labute approximate surface area is 128 Å². The summed E-state index contributed by atoms with van der Waals surface area (Å²) >= 11 is 5.83. The van der Waals surface area contributed by atoms with Crippen LogP contribution in [-0.2, 0) is 10.8 Å². The van der Waals surface area contributed by atoms with Crippen LogP contribution in [-0.4, -0.2) is 14.2 Å². The van der Waals surface area contributed by atoms with Crippen molar-refractivity contribution < 1.29 is 4.21 Å². The highest BCUT2D eigenvalue weighted by Crippen LogP contribution is 2.25. The monoisotopic (exact) mass is 318 g/mol. The Hall–Kier alpha value is -2.18. The maximum absolute atomic E-state index is 12.5. The number of nitrogen functional groups attached to an aromatic ring is 2. The first-order valence-electron chi connectivity index (χ1n) is 6.05. The van der Waals surface area contributed by atoms with E-state index in [-0.39, 0.29) is 11.8 Å². The van der Waals surface area contributed by atoms with Gasteiger partial charge in [-0.05, 0) is 42.5 Å². The molecule has 0 spiro atoms. The van der Waals surface area contributed by atoms with E-state index in [1.165, 1.54) is 0 Å². The molecule has 0 fully saturated rings. The summed E-state index contributed by atoms with van der Waals surface area (Å²) in [5, 5.41) is 1.23. The lowest BCUT2D eigenvalue weighted by molar-refractivity contribution is 0.683. The number of fused-ring (bicyclic) bond motifs is 1. The number of hydrogen-bond donors (Lipinski definition) is 2. The molecule has 3 aromatic rings. The molecule has 0 saturated carbocycles. The number of nitrogens with two attached hydrogens (primary N) is 2. The molecule has 5 nitrogen and oxygen atoms in total. The number of rotatable bonds is 2. The molecular formula is C14H11ClN4OS. The van der Waals surface area contributed by atoms with E-state index in [0.717, 1.165) is 0 Å². The summed E-state index contributed by atoms with van der Waals surface area (Å²) in [6.45, 7) is 0. The smallest absolute Gasteiger partial charge is 0.222 e. The summed E-state index contributed by atoms with van der Waals surface area (Å²) in [5.41, 5.74) is 12.0. The van der Waals surface area contributed by atoms with E-state index in [1.54, 1.807) is 42.5 Å². The Morgan fingerprint density at radius 3 is 2.33 bits per heavy atom. The van der Waals surface area contributed by atoms with E-state index in [2.05, 4.69) is 9.97 Å². The maximum Gasteiger partial charge on any atom is 0.222 e. The van der Waals surface area contributed by atoms with Crippen LogP contribution in [0.5, 0.6) is 0 Å². The summed E-state index contributed by atoms with van der Waals surface area (Å²) in [7, 11) is -1.33. The molecule has 0 aliphatic carbocycles. The Morgan fingerprint density at radius 1 is 0.952 bits per heavy atom. The fourth-order valence-corrected chi connectivity index (χ4v) is 3.16. The van der Waals surface area contributed by atoms with Gasteiger partial charge in [-0.2, -0.15) is 4.98 Å². The van der Waals surface area contributed by atoms with E-state index in [9.17, 15) is 4.21 Å². The summed E-state index contributed by atoms with van der Waals surface area (Å²) < 4.78 is 12.5. The second-order valence-corrected chi connectivity index (χ2v) is 6.29. The first-order chi connectivity index (χ1) is 10.0. The van der Waals surface area contributed by atoms with E-state index in [1.807, 2.05) is 0 Å². The molecular weight excluding hydrogens is 308 g/mol. The van der Waals surface area contributed by atoms with Crippen molar-refractivity contribution in [3.63, 3.8) is 0 Å². The van der Waals surface area contributed by atoms with Gasteiger partial charge in [-0.25, -0.2) is 9.19 Å². The van der Waals surface area contributed by atoms with Crippen LogP contribution >= 0.6 is 11.6 Å². The number of nitrogens with zero attached hydrogens (tertiary/aromatic N) is 2. The van der Waals surface area contributed by atoms with Crippen molar-refractivity contribution in [2.45, 2.75) is 9.79 Å². The van der Waals surface area contributed by atoms with Crippen LogP contribution in [0.3, 0.4) is 0 Å². The third-order valence-electron chi connectivity index (χ3n) is 2.96. The lowest BCUT2D eigenvalue weighted by Crippen LogP contribution is -2.01.